The molecule has 134 valence electrons. The normalized spacial score (nSPS) is 10.9. The van der Waals surface area contributed by atoms with Gasteiger partial charge in [0.1, 0.15) is 6.33 Å². The van der Waals surface area contributed by atoms with E-state index in [9.17, 15) is 9.59 Å². The molecule has 4 rings (SSSR count). The predicted octanol–water partition coefficient (Wildman–Crippen LogP) is 4.03. The van der Waals surface area contributed by atoms with Gasteiger partial charge in [-0.15, -0.1) is 11.3 Å². The van der Waals surface area contributed by atoms with Crippen LogP contribution >= 0.6 is 22.9 Å². The molecule has 0 aliphatic carbocycles. The molecular weight excluding hydrogens is 382 g/mol. The van der Waals surface area contributed by atoms with E-state index in [2.05, 4.69) is 10.3 Å². The number of amides is 1. The van der Waals surface area contributed by atoms with Crippen molar-refractivity contribution in [1.82, 2.24) is 14.9 Å². The first kappa shape index (κ1) is 17.5. The molecule has 0 aliphatic heterocycles. The first-order chi connectivity index (χ1) is 13.1. The van der Waals surface area contributed by atoms with E-state index in [4.69, 9.17) is 11.6 Å². The molecule has 0 fully saturated rings. The highest BCUT2D eigenvalue weighted by atomic mass is 35.5. The molecule has 7 heteroatoms. The summed E-state index contributed by atoms with van der Waals surface area (Å²) in [6.45, 7) is 0.471. The molecule has 27 heavy (non-hydrogen) atoms. The minimum absolute atomic E-state index is 0.203. The second-order valence-corrected chi connectivity index (χ2v) is 7.36. The quantitative estimate of drug-likeness (QED) is 0.567. The van der Waals surface area contributed by atoms with E-state index < -0.39 is 0 Å². The molecule has 0 unspecified atom stereocenters. The zero-order chi connectivity index (χ0) is 18.8. The van der Waals surface area contributed by atoms with Crippen LogP contribution in [0.1, 0.15) is 15.2 Å². The van der Waals surface area contributed by atoms with Crippen LogP contribution in [0.5, 0.6) is 0 Å². The Morgan fingerprint density at radius 3 is 2.81 bits per heavy atom. The van der Waals surface area contributed by atoms with Crippen molar-refractivity contribution in [2.24, 2.45) is 0 Å². The van der Waals surface area contributed by atoms with E-state index in [1.807, 2.05) is 17.5 Å². The Labute approximate surface area is 163 Å². The molecule has 0 aliphatic rings. The summed E-state index contributed by atoms with van der Waals surface area (Å²) in [7, 11) is 0. The minimum Gasteiger partial charge on any atom is -0.347 e. The monoisotopic (exact) mass is 395 g/mol. The van der Waals surface area contributed by atoms with Crippen molar-refractivity contribution in [2.45, 2.75) is 6.54 Å². The molecule has 2 aromatic carbocycles. The van der Waals surface area contributed by atoms with Crippen LogP contribution in [0.15, 0.2) is 71.1 Å². The number of benzene rings is 2. The molecule has 2 aromatic heterocycles. The summed E-state index contributed by atoms with van der Waals surface area (Å²) in [5.41, 5.74) is 1.36. The fourth-order valence-corrected chi connectivity index (χ4v) is 3.58. The van der Waals surface area contributed by atoms with Crippen molar-refractivity contribution in [3.63, 3.8) is 0 Å². The lowest BCUT2D eigenvalue weighted by atomic mass is 10.1. The average molecular weight is 396 g/mol. The highest BCUT2D eigenvalue weighted by Crippen LogP contribution is 2.16. The summed E-state index contributed by atoms with van der Waals surface area (Å²) in [6, 6.07) is 15.8. The number of fused-ring (bicyclic) bond motifs is 1. The van der Waals surface area contributed by atoms with Gasteiger partial charge in [0.25, 0.3) is 11.5 Å². The summed E-state index contributed by atoms with van der Waals surface area (Å²) in [5, 5.41) is 5.81. The maximum Gasteiger partial charge on any atom is 0.265 e. The Morgan fingerprint density at radius 2 is 2.04 bits per heavy atom. The van der Waals surface area contributed by atoms with Crippen LogP contribution in [0.3, 0.4) is 0 Å². The zero-order valence-corrected chi connectivity index (χ0v) is 15.6. The van der Waals surface area contributed by atoms with Gasteiger partial charge in [0.15, 0.2) is 0 Å². The lowest BCUT2D eigenvalue weighted by molar-refractivity contribution is 0.0951. The molecule has 2 heterocycles. The Morgan fingerprint density at radius 1 is 1.15 bits per heavy atom. The van der Waals surface area contributed by atoms with Gasteiger partial charge in [-0.3, -0.25) is 14.2 Å². The van der Waals surface area contributed by atoms with Gasteiger partial charge in [-0.1, -0.05) is 23.7 Å². The van der Waals surface area contributed by atoms with E-state index in [-0.39, 0.29) is 11.5 Å². The smallest absolute Gasteiger partial charge is 0.265 e. The van der Waals surface area contributed by atoms with Gasteiger partial charge in [0.2, 0.25) is 0 Å². The van der Waals surface area contributed by atoms with Gasteiger partial charge in [-0.25, -0.2) is 4.98 Å². The summed E-state index contributed by atoms with van der Waals surface area (Å²) in [4.78, 5) is 30.6. The SMILES string of the molecule is O=C(NCc1cccs1)c1ccc2c(=O)n(-c3cccc(Cl)c3)cnc2c1. The number of carbonyl (C=O) groups excluding carboxylic acids is 1. The summed E-state index contributed by atoms with van der Waals surface area (Å²) in [6.07, 6.45) is 1.45. The molecule has 0 spiro atoms. The third-order valence-electron chi connectivity index (χ3n) is 4.11. The molecule has 1 N–H and O–H groups in total. The highest BCUT2D eigenvalue weighted by Gasteiger charge is 2.11. The van der Waals surface area contributed by atoms with Gasteiger partial charge in [0, 0.05) is 15.5 Å². The van der Waals surface area contributed by atoms with Crippen molar-refractivity contribution in [1.29, 1.82) is 0 Å². The maximum atomic E-state index is 12.8. The summed E-state index contributed by atoms with van der Waals surface area (Å²) >= 11 is 7.59. The zero-order valence-electron chi connectivity index (χ0n) is 14.1. The Bertz CT molecular complexity index is 1190. The Balaban J connectivity index is 1.64. The maximum absolute atomic E-state index is 12.8. The Hall–Kier alpha value is -2.96. The molecule has 0 saturated heterocycles. The average Bonchev–Trinajstić information content (AvgIpc) is 3.20. The van der Waals surface area contributed by atoms with Crippen LogP contribution in [-0.2, 0) is 6.54 Å². The van der Waals surface area contributed by atoms with E-state index in [0.29, 0.717) is 33.7 Å². The van der Waals surface area contributed by atoms with Crippen molar-refractivity contribution in [3.05, 3.63) is 92.1 Å². The number of carbonyl (C=O) groups is 1. The fraction of sp³-hybridized carbons (Fsp3) is 0.0500. The number of rotatable bonds is 4. The van der Waals surface area contributed by atoms with E-state index in [1.165, 1.54) is 10.9 Å². The van der Waals surface area contributed by atoms with Crippen molar-refractivity contribution >= 4 is 39.7 Å². The van der Waals surface area contributed by atoms with Crippen molar-refractivity contribution in [3.8, 4) is 5.69 Å². The highest BCUT2D eigenvalue weighted by molar-refractivity contribution is 7.09. The van der Waals surface area contributed by atoms with Crippen LogP contribution < -0.4 is 10.9 Å². The molecule has 0 radical (unpaired) electrons. The number of nitrogens with zero attached hydrogens (tertiary/aromatic N) is 2. The molecule has 0 atom stereocenters. The number of hydrogen-bond acceptors (Lipinski definition) is 4. The van der Waals surface area contributed by atoms with Crippen molar-refractivity contribution < 1.29 is 4.79 Å². The summed E-state index contributed by atoms with van der Waals surface area (Å²) < 4.78 is 1.44. The van der Waals surface area contributed by atoms with Crippen LogP contribution in [-0.4, -0.2) is 15.5 Å². The molecule has 4 aromatic rings. The van der Waals surface area contributed by atoms with Gasteiger partial charge in [0.05, 0.1) is 23.1 Å². The second kappa shape index (κ2) is 7.34. The first-order valence-electron chi connectivity index (χ1n) is 8.20. The number of hydrogen-bond donors (Lipinski definition) is 1. The first-order valence-corrected chi connectivity index (χ1v) is 9.45. The second-order valence-electron chi connectivity index (χ2n) is 5.89. The molecule has 0 bridgehead atoms. The van der Waals surface area contributed by atoms with E-state index in [0.717, 1.165) is 4.88 Å². The van der Waals surface area contributed by atoms with Gasteiger partial charge >= 0.3 is 0 Å². The van der Waals surface area contributed by atoms with Crippen LogP contribution in [0.25, 0.3) is 16.6 Å². The fourth-order valence-electron chi connectivity index (χ4n) is 2.76. The lowest BCUT2D eigenvalue weighted by Crippen LogP contribution is -2.23. The standard InChI is InChI=1S/C20H14ClN3O2S/c21-14-3-1-4-15(10-14)24-12-23-18-9-13(6-7-17(18)20(24)26)19(25)22-11-16-5-2-8-27-16/h1-10,12H,11H2,(H,22,25). The summed E-state index contributed by atoms with van der Waals surface area (Å²) in [5.74, 6) is -0.203. The largest absolute Gasteiger partial charge is 0.347 e. The third-order valence-corrected chi connectivity index (χ3v) is 5.22. The molecular formula is C20H14ClN3O2S. The van der Waals surface area contributed by atoms with E-state index in [1.54, 1.807) is 53.8 Å². The van der Waals surface area contributed by atoms with Crippen molar-refractivity contribution in [2.75, 3.05) is 0 Å². The third kappa shape index (κ3) is 3.63. The number of nitrogens with one attached hydrogen (secondary N) is 1. The molecule has 5 nitrogen and oxygen atoms in total. The van der Waals surface area contributed by atoms with Crippen LogP contribution in [0.4, 0.5) is 0 Å². The number of aromatic nitrogens is 2. The van der Waals surface area contributed by atoms with Crippen LogP contribution in [0.2, 0.25) is 5.02 Å². The number of thiophene rings is 1. The molecule has 0 saturated carbocycles. The minimum atomic E-state index is -0.215. The van der Waals surface area contributed by atoms with E-state index >= 15 is 0 Å². The lowest BCUT2D eigenvalue weighted by Gasteiger charge is -2.08. The van der Waals surface area contributed by atoms with Crippen LogP contribution in [0, 0.1) is 0 Å². The van der Waals surface area contributed by atoms with Gasteiger partial charge in [-0.05, 0) is 47.8 Å². The Kier molecular flexibility index (Phi) is 4.75. The molecule has 1 amide bonds. The van der Waals surface area contributed by atoms with Gasteiger partial charge < -0.3 is 5.32 Å². The predicted molar refractivity (Wildman–Crippen MR) is 108 cm³/mol. The topological polar surface area (TPSA) is 64.0 Å². The number of halogens is 1. The van der Waals surface area contributed by atoms with Gasteiger partial charge in [-0.2, -0.15) is 0 Å².